The first-order valence-corrected chi connectivity index (χ1v) is 6.37. The third-order valence-corrected chi connectivity index (χ3v) is 4.25. The van der Waals surface area contributed by atoms with Gasteiger partial charge in [0.1, 0.15) is 0 Å². The Kier molecular flexibility index (Phi) is 3.46. The van der Waals surface area contributed by atoms with Crippen LogP contribution in [0.5, 0.6) is 0 Å². The topological polar surface area (TPSA) is 56.0 Å². The van der Waals surface area contributed by atoms with Crippen molar-refractivity contribution in [1.82, 2.24) is 4.98 Å². The van der Waals surface area contributed by atoms with Crippen LogP contribution in [0.3, 0.4) is 0 Å². The van der Waals surface area contributed by atoms with Crippen LogP contribution in [0.15, 0.2) is 24.5 Å². The van der Waals surface area contributed by atoms with Crippen LogP contribution in [0.2, 0.25) is 0 Å². The summed E-state index contributed by atoms with van der Waals surface area (Å²) in [6, 6.07) is 3.96. The zero-order chi connectivity index (χ0) is 12.3. The van der Waals surface area contributed by atoms with Crippen molar-refractivity contribution < 1.29 is 4.79 Å². The summed E-state index contributed by atoms with van der Waals surface area (Å²) in [6.07, 6.45) is 8.87. The molecule has 0 aliphatic heterocycles. The lowest BCUT2D eigenvalue weighted by atomic mass is 9.64. The molecule has 3 heteroatoms. The fourth-order valence-electron chi connectivity index (χ4n) is 3.03. The molecule has 2 rings (SSSR count). The second-order valence-corrected chi connectivity index (χ2v) is 5.09. The third-order valence-electron chi connectivity index (χ3n) is 4.25. The number of pyridine rings is 1. The summed E-state index contributed by atoms with van der Waals surface area (Å²) in [4.78, 5) is 16.0. The Labute approximate surface area is 102 Å². The molecule has 1 saturated carbocycles. The highest BCUT2D eigenvalue weighted by atomic mass is 16.1. The highest BCUT2D eigenvalue weighted by molar-refractivity contribution is 5.82. The first kappa shape index (κ1) is 12.1. The van der Waals surface area contributed by atoms with Crippen molar-refractivity contribution in [3.8, 4) is 0 Å². The average Bonchev–Trinajstić information content (AvgIpc) is 2.39. The van der Waals surface area contributed by atoms with E-state index in [0.717, 1.165) is 31.2 Å². The van der Waals surface area contributed by atoms with Crippen molar-refractivity contribution in [1.29, 1.82) is 0 Å². The molecule has 2 N–H and O–H groups in total. The molecule has 1 fully saturated rings. The second-order valence-electron chi connectivity index (χ2n) is 5.09. The van der Waals surface area contributed by atoms with Crippen LogP contribution in [0, 0.1) is 5.41 Å². The van der Waals surface area contributed by atoms with Crippen molar-refractivity contribution >= 4 is 5.91 Å². The molecule has 17 heavy (non-hydrogen) atoms. The van der Waals surface area contributed by atoms with E-state index in [1.165, 1.54) is 6.42 Å². The Bertz CT molecular complexity index is 382. The molecule has 1 aromatic rings. The Morgan fingerprint density at radius 3 is 2.65 bits per heavy atom. The normalized spacial score (nSPS) is 20.8. The molecule has 1 unspecified atom stereocenters. The largest absolute Gasteiger partial charge is 0.369 e. The molecule has 1 aromatic heterocycles. The standard InChI is InChI=1S/C14H20N2O/c1-11(12-6-5-9-16-10-12)14(13(15)17)7-3-2-4-8-14/h5-6,9-11H,2-4,7-8H2,1H3,(H2,15,17). The van der Waals surface area contributed by atoms with Gasteiger partial charge in [-0.25, -0.2) is 0 Å². The molecular weight excluding hydrogens is 212 g/mol. The van der Waals surface area contributed by atoms with Gasteiger partial charge in [-0.15, -0.1) is 0 Å². The van der Waals surface area contributed by atoms with E-state index in [1.807, 2.05) is 18.3 Å². The Balaban J connectivity index is 2.30. The smallest absolute Gasteiger partial charge is 0.224 e. The van der Waals surface area contributed by atoms with Crippen LogP contribution in [0.4, 0.5) is 0 Å². The summed E-state index contributed by atoms with van der Waals surface area (Å²) in [6.45, 7) is 2.10. The zero-order valence-corrected chi connectivity index (χ0v) is 10.4. The van der Waals surface area contributed by atoms with E-state index in [-0.39, 0.29) is 17.2 Å². The van der Waals surface area contributed by atoms with Crippen LogP contribution in [-0.4, -0.2) is 10.9 Å². The third kappa shape index (κ3) is 2.19. The van der Waals surface area contributed by atoms with Gasteiger partial charge in [0, 0.05) is 12.4 Å². The lowest BCUT2D eigenvalue weighted by molar-refractivity contribution is -0.130. The van der Waals surface area contributed by atoms with Gasteiger partial charge in [0.25, 0.3) is 0 Å². The van der Waals surface area contributed by atoms with E-state index in [0.29, 0.717) is 0 Å². The summed E-state index contributed by atoms with van der Waals surface area (Å²) in [5, 5.41) is 0. The highest BCUT2D eigenvalue weighted by Gasteiger charge is 2.43. The van der Waals surface area contributed by atoms with Crippen molar-refractivity contribution in [3.05, 3.63) is 30.1 Å². The van der Waals surface area contributed by atoms with Gasteiger partial charge < -0.3 is 5.73 Å². The Morgan fingerprint density at radius 2 is 2.12 bits per heavy atom. The van der Waals surface area contributed by atoms with Crippen molar-refractivity contribution in [3.63, 3.8) is 0 Å². The predicted molar refractivity (Wildman–Crippen MR) is 67.4 cm³/mol. The predicted octanol–water partition coefficient (Wildman–Crippen LogP) is 2.62. The van der Waals surface area contributed by atoms with Crippen molar-refractivity contribution in [2.24, 2.45) is 11.1 Å². The molecule has 92 valence electrons. The lowest BCUT2D eigenvalue weighted by Crippen LogP contribution is -2.42. The molecule has 0 aromatic carbocycles. The number of carbonyl (C=O) groups is 1. The highest BCUT2D eigenvalue weighted by Crippen LogP contribution is 2.46. The van der Waals surface area contributed by atoms with Crippen LogP contribution in [-0.2, 0) is 4.79 Å². The number of amides is 1. The maximum Gasteiger partial charge on any atom is 0.224 e. The van der Waals surface area contributed by atoms with E-state index < -0.39 is 0 Å². The lowest BCUT2D eigenvalue weighted by Gasteiger charge is -2.39. The first-order valence-electron chi connectivity index (χ1n) is 6.37. The fourth-order valence-corrected chi connectivity index (χ4v) is 3.03. The SMILES string of the molecule is CC(c1cccnc1)C1(C(N)=O)CCCCC1. The molecule has 0 radical (unpaired) electrons. The minimum absolute atomic E-state index is 0.145. The number of primary amides is 1. The maximum absolute atomic E-state index is 11.9. The van der Waals surface area contributed by atoms with Gasteiger partial charge in [0.15, 0.2) is 0 Å². The molecule has 1 aliphatic rings. The van der Waals surface area contributed by atoms with E-state index in [1.54, 1.807) is 6.20 Å². The molecule has 0 spiro atoms. The van der Waals surface area contributed by atoms with Crippen LogP contribution in [0.1, 0.15) is 50.5 Å². The molecule has 3 nitrogen and oxygen atoms in total. The van der Waals surface area contributed by atoms with Gasteiger partial charge in [0.2, 0.25) is 5.91 Å². The number of hydrogen-bond acceptors (Lipinski definition) is 2. The summed E-state index contributed by atoms with van der Waals surface area (Å²) < 4.78 is 0. The fraction of sp³-hybridized carbons (Fsp3) is 0.571. The van der Waals surface area contributed by atoms with Crippen molar-refractivity contribution in [2.45, 2.75) is 44.9 Å². The molecular formula is C14H20N2O. The molecule has 1 amide bonds. The van der Waals surface area contributed by atoms with Gasteiger partial charge >= 0.3 is 0 Å². The number of rotatable bonds is 3. The summed E-state index contributed by atoms with van der Waals surface area (Å²) in [7, 11) is 0. The molecule has 0 saturated heterocycles. The Hall–Kier alpha value is -1.38. The van der Waals surface area contributed by atoms with Crippen LogP contribution in [0.25, 0.3) is 0 Å². The zero-order valence-electron chi connectivity index (χ0n) is 10.4. The summed E-state index contributed by atoms with van der Waals surface area (Å²) in [5.41, 5.74) is 6.44. The van der Waals surface area contributed by atoms with E-state index in [2.05, 4.69) is 11.9 Å². The molecule has 1 heterocycles. The molecule has 1 aliphatic carbocycles. The summed E-state index contributed by atoms with van der Waals surface area (Å²) >= 11 is 0. The van der Waals surface area contributed by atoms with Gasteiger partial charge in [-0.1, -0.05) is 32.3 Å². The van der Waals surface area contributed by atoms with E-state index >= 15 is 0 Å². The van der Waals surface area contributed by atoms with Gasteiger partial charge in [0.05, 0.1) is 5.41 Å². The number of aromatic nitrogens is 1. The van der Waals surface area contributed by atoms with Crippen LogP contribution >= 0.6 is 0 Å². The number of carbonyl (C=O) groups excluding carboxylic acids is 1. The average molecular weight is 232 g/mol. The van der Waals surface area contributed by atoms with Crippen molar-refractivity contribution in [2.75, 3.05) is 0 Å². The van der Waals surface area contributed by atoms with Crippen LogP contribution < -0.4 is 5.73 Å². The minimum Gasteiger partial charge on any atom is -0.369 e. The van der Waals surface area contributed by atoms with Gasteiger partial charge in [-0.05, 0) is 30.4 Å². The number of hydrogen-bond donors (Lipinski definition) is 1. The molecule has 1 atom stereocenters. The van der Waals surface area contributed by atoms with Gasteiger partial charge in [-0.3, -0.25) is 9.78 Å². The molecule has 0 bridgehead atoms. The number of nitrogens with zero attached hydrogens (tertiary/aromatic N) is 1. The first-order chi connectivity index (χ1) is 8.17. The maximum atomic E-state index is 11.9. The second kappa shape index (κ2) is 4.86. The van der Waals surface area contributed by atoms with Gasteiger partial charge in [-0.2, -0.15) is 0 Å². The minimum atomic E-state index is -0.360. The van der Waals surface area contributed by atoms with E-state index in [9.17, 15) is 4.79 Å². The van der Waals surface area contributed by atoms with E-state index in [4.69, 9.17) is 5.73 Å². The Morgan fingerprint density at radius 1 is 1.41 bits per heavy atom. The quantitative estimate of drug-likeness (QED) is 0.871. The number of nitrogens with two attached hydrogens (primary N) is 1. The summed E-state index contributed by atoms with van der Waals surface area (Å²) in [5.74, 6) is 0.0163. The monoisotopic (exact) mass is 232 g/mol.